The van der Waals surface area contributed by atoms with E-state index in [-0.39, 0.29) is 11.3 Å². The molecule has 0 saturated heterocycles. The van der Waals surface area contributed by atoms with Gasteiger partial charge in [-0.2, -0.15) is 0 Å². The maximum atomic E-state index is 13.2. The van der Waals surface area contributed by atoms with Gasteiger partial charge in [0.25, 0.3) is 0 Å². The van der Waals surface area contributed by atoms with E-state index in [1.54, 1.807) is 6.07 Å². The van der Waals surface area contributed by atoms with Crippen LogP contribution >= 0.6 is 0 Å². The van der Waals surface area contributed by atoms with Gasteiger partial charge in [0, 0.05) is 18.6 Å². The largest absolute Gasteiger partial charge is 0.505 e. The third-order valence-corrected chi connectivity index (χ3v) is 4.03. The van der Waals surface area contributed by atoms with Gasteiger partial charge in [-0.05, 0) is 51.1 Å². The maximum Gasteiger partial charge on any atom is 0.165 e. The monoisotopic (exact) mass is 252 g/mol. The molecule has 18 heavy (non-hydrogen) atoms. The minimum atomic E-state index is -0.555. The molecule has 0 amide bonds. The zero-order chi connectivity index (χ0) is 13.2. The van der Waals surface area contributed by atoms with Crippen molar-refractivity contribution in [2.24, 2.45) is 0 Å². The van der Waals surface area contributed by atoms with E-state index in [4.69, 9.17) is 5.11 Å². The summed E-state index contributed by atoms with van der Waals surface area (Å²) in [6.07, 6.45) is 3.72. The molecule has 2 N–H and O–H groups in total. The predicted octanol–water partition coefficient (Wildman–Crippen LogP) is 2.11. The van der Waals surface area contributed by atoms with Crippen LogP contribution in [0.2, 0.25) is 0 Å². The Morgan fingerprint density at radius 2 is 2.11 bits per heavy atom. The predicted molar refractivity (Wildman–Crippen MR) is 70.0 cm³/mol. The van der Waals surface area contributed by atoms with Crippen LogP contribution in [0.1, 0.15) is 24.8 Å². The lowest BCUT2D eigenvalue weighted by Crippen LogP contribution is -2.56. The SMILES string of the molecule is CN(C)C1(CNCc2ccc(O)c(F)c2)CCC1. The molecule has 1 aliphatic rings. The zero-order valence-electron chi connectivity index (χ0n) is 11.0. The van der Waals surface area contributed by atoms with Crippen LogP contribution in [0.3, 0.4) is 0 Å². The first-order valence-electron chi connectivity index (χ1n) is 6.39. The van der Waals surface area contributed by atoms with Crippen molar-refractivity contribution < 1.29 is 9.50 Å². The van der Waals surface area contributed by atoms with Gasteiger partial charge < -0.3 is 15.3 Å². The van der Waals surface area contributed by atoms with Gasteiger partial charge in [0.2, 0.25) is 0 Å². The average molecular weight is 252 g/mol. The van der Waals surface area contributed by atoms with Crippen molar-refractivity contribution in [1.29, 1.82) is 0 Å². The molecular formula is C14H21FN2O. The Morgan fingerprint density at radius 1 is 1.39 bits per heavy atom. The maximum absolute atomic E-state index is 13.2. The number of benzene rings is 1. The molecule has 0 radical (unpaired) electrons. The van der Waals surface area contributed by atoms with E-state index in [0.717, 1.165) is 12.1 Å². The second kappa shape index (κ2) is 5.24. The number of likely N-dealkylation sites (N-methyl/N-ethyl adjacent to an activating group) is 1. The summed E-state index contributed by atoms with van der Waals surface area (Å²) in [5.41, 5.74) is 1.13. The quantitative estimate of drug-likeness (QED) is 0.842. The van der Waals surface area contributed by atoms with Crippen molar-refractivity contribution in [3.8, 4) is 5.75 Å². The lowest BCUT2D eigenvalue weighted by molar-refractivity contribution is 0.0598. The fourth-order valence-electron chi connectivity index (χ4n) is 2.47. The number of aromatic hydroxyl groups is 1. The van der Waals surface area contributed by atoms with Crippen molar-refractivity contribution in [3.05, 3.63) is 29.6 Å². The van der Waals surface area contributed by atoms with Crippen molar-refractivity contribution in [2.45, 2.75) is 31.3 Å². The van der Waals surface area contributed by atoms with Crippen LogP contribution in [0.4, 0.5) is 4.39 Å². The van der Waals surface area contributed by atoms with Crippen LogP contribution in [0, 0.1) is 5.82 Å². The normalized spacial score (nSPS) is 17.8. The summed E-state index contributed by atoms with van der Waals surface area (Å²) >= 11 is 0. The van der Waals surface area contributed by atoms with E-state index in [2.05, 4.69) is 24.3 Å². The molecule has 3 nitrogen and oxygen atoms in total. The minimum Gasteiger partial charge on any atom is -0.505 e. The Bertz CT molecular complexity index is 416. The molecule has 4 heteroatoms. The number of rotatable bonds is 5. The van der Waals surface area contributed by atoms with E-state index in [0.29, 0.717) is 6.54 Å². The molecule has 1 aromatic rings. The molecular weight excluding hydrogens is 231 g/mol. The Balaban J connectivity index is 1.86. The van der Waals surface area contributed by atoms with Crippen molar-refractivity contribution in [3.63, 3.8) is 0 Å². The number of nitrogens with one attached hydrogen (secondary N) is 1. The Kier molecular flexibility index (Phi) is 3.88. The first-order chi connectivity index (χ1) is 8.53. The Morgan fingerprint density at radius 3 is 2.61 bits per heavy atom. The van der Waals surface area contributed by atoms with E-state index < -0.39 is 5.82 Å². The molecule has 0 aliphatic heterocycles. The molecule has 0 spiro atoms. The second-order valence-electron chi connectivity index (χ2n) is 5.36. The van der Waals surface area contributed by atoms with Crippen molar-refractivity contribution in [2.75, 3.05) is 20.6 Å². The molecule has 0 aromatic heterocycles. The summed E-state index contributed by atoms with van der Waals surface area (Å²) in [4.78, 5) is 2.28. The van der Waals surface area contributed by atoms with Crippen LogP contribution in [0.15, 0.2) is 18.2 Å². The zero-order valence-corrected chi connectivity index (χ0v) is 11.0. The molecule has 0 bridgehead atoms. The van der Waals surface area contributed by atoms with Crippen molar-refractivity contribution >= 4 is 0 Å². The average Bonchev–Trinajstić information content (AvgIpc) is 2.26. The highest BCUT2D eigenvalue weighted by Gasteiger charge is 2.38. The molecule has 100 valence electrons. The van der Waals surface area contributed by atoms with Crippen LogP contribution < -0.4 is 5.32 Å². The molecule has 1 aromatic carbocycles. The smallest absolute Gasteiger partial charge is 0.165 e. The summed E-state index contributed by atoms with van der Waals surface area (Å²) < 4.78 is 13.2. The van der Waals surface area contributed by atoms with Crippen LogP contribution in [-0.2, 0) is 6.54 Å². The van der Waals surface area contributed by atoms with Gasteiger partial charge >= 0.3 is 0 Å². The molecule has 0 unspecified atom stereocenters. The molecule has 0 heterocycles. The van der Waals surface area contributed by atoms with E-state index in [9.17, 15) is 4.39 Å². The summed E-state index contributed by atoms with van der Waals surface area (Å²) in [7, 11) is 4.22. The van der Waals surface area contributed by atoms with Crippen LogP contribution in [0.5, 0.6) is 5.75 Å². The Labute approximate surface area is 108 Å². The highest BCUT2D eigenvalue weighted by atomic mass is 19.1. The highest BCUT2D eigenvalue weighted by molar-refractivity contribution is 5.27. The number of phenolic OH excluding ortho intramolecular Hbond substituents is 1. The second-order valence-corrected chi connectivity index (χ2v) is 5.36. The van der Waals surface area contributed by atoms with Gasteiger partial charge in [0.05, 0.1) is 0 Å². The standard InChI is InChI=1S/C14H21FN2O/c1-17(2)14(6-3-7-14)10-16-9-11-4-5-13(18)12(15)8-11/h4-5,8,16,18H,3,6-7,9-10H2,1-2H3. The minimum absolute atomic E-state index is 0.273. The lowest BCUT2D eigenvalue weighted by atomic mass is 9.75. The lowest BCUT2D eigenvalue weighted by Gasteiger charge is -2.47. The van der Waals surface area contributed by atoms with Gasteiger partial charge in [-0.3, -0.25) is 0 Å². The fraction of sp³-hybridized carbons (Fsp3) is 0.571. The van der Waals surface area contributed by atoms with E-state index in [1.807, 2.05) is 0 Å². The number of halogens is 1. The third-order valence-electron chi connectivity index (χ3n) is 4.03. The Hall–Kier alpha value is -1.13. The number of hydrogen-bond acceptors (Lipinski definition) is 3. The molecule has 1 aliphatic carbocycles. The molecule has 1 saturated carbocycles. The van der Waals surface area contributed by atoms with Gasteiger partial charge in [-0.1, -0.05) is 6.07 Å². The molecule has 0 atom stereocenters. The first kappa shape index (κ1) is 13.3. The fourth-order valence-corrected chi connectivity index (χ4v) is 2.47. The van der Waals surface area contributed by atoms with Crippen molar-refractivity contribution in [1.82, 2.24) is 10.2 Å². The van der Waals surface area contributed by atoms with Gasteiger partial charge in [0.1, 0.15) is 0 Å². The van der Waals surface area contributed by atoms with Gasteiger partial charge in [-0.15, -0.1) is 0 Å². The number of nitrogens with zero attached hydrogens (tertiary/aromatic N) is 1. The van der Waals surface area contributed by atoms with Crippen LogP contribution in [-0.4, -0.2) is 36.2 Å². The number of hydrogen-bond donors (Lipinski definition) is 2. The topological polar surface area (TPSA) is 35.5 Å². The summed E-state index contributed by atoms with van der Waals surface area (Å²) in [6, 6.07) is 4.53. The first-order valence-corrected chi connectivity index (χ1v) is 6.39. The summed E-state index contributed by atoms with van der Waals surface area (Å²) in [5.74, 6) is -0.845. The van der Waals surface area contributed by atoms with Gasteiger partial charge in [-0.25, -0.2) is 4.39 Å². The molecule has 1 fully saturated rings. The summed E-state index contributed by atoms with van der Waals surface area (Å²) in [6.45, 7) is 1.55. The highest BCUT2D eigenvalue weighted by Crippen LogP contribution is 2.35. The van der Waals surface area contributed by atoms with E-state index in [1.165, 1.54) is 31.4 Å². The van der Waals surface area contributed by atoms with Crippen LogP contribution in [0.25, 0.3) is 0 Å². The number of phenols is 1. The summed E-state index contributed by atoms with van der Waals surface area (Å²) in [5, 5.41) is 12.5. The van der Waals surface area contributed by atoms with E-state index >= 15 is 0 Å². The molecule has 2 rings (SSSR count). The van der Waals surface area contributed by atoms with Gasteiger partial charge in [0.15, 0.2) is 11.6 Å². The third kappa shape index (κ3) is 2.65.